The highest BCUT2D eigenvalue weighted by atomic mass is 16.5. The van der Waals surface area contributed by atoms with Gasteiger partial charge in [-0.1, -0.05) is 6.07 Å². The maximum atomic E-state index is 12.3. The number of amides is 1. The van der Waals surface area contributed by atoms with Crippen LogP contribution in [0.3, 0.4) is 0 Å². The summed E-state index contributed by atoms with van der Waals surface area (Å²) in [6.07, 6.45) is 2.43. The molecule has 2 saturated heterocycles. The molecule has 0 saturated carbocycles. The lowest BCUT2D eigenvalue weighted by atomic mass is 10.1. The molecule has 2 atom stereocenters. The smallest absolute Gasteiger partial charge is 0.251 e. The number of carbonyl (C=O) groups excluding carboxylic acids is 1. The Kier molecular flexibility index (Phi) is 7.50. The molecule has 2 unspecified atom stereocenters. The molecule has 2 aliphatic heterocycles. The van der Waals surface area contributed by atoms with E-state index in [1.807, 2.05) is 6.07 Å². The summed E-state index contributed by atoms with van der Waals surface area (Å²) in [5.41, 5.74) is 0.580. The van der Waals surface area contributed by atoms with Gasteiger partial charge in [-0.05, 0) is 31.0 Å². The molecule has 154 valence electrons. The van der Waals surface area contributed by atoms with Crippen LogP contribution in [-0.4, -0.2) is 82.5 Å². The largest absolute Gasteiger partial charge is 0.497 e. The average molecular weight is 390 g/mol. The summed E-state index contributed by atoms with van der Waals surface area (Å²) in [6, 6.07) is 7.11. The number of benzene rings is 1. The Labute approximate surface area is 166 Å². The molecule has 2 aliphatic rings. The van der Waals surface area contributed by atoms with Crippen molar-refractivity contribution in [3.05, 3.63) is 29.8 Å². The maximum absolute atomic E-state index is 12.3. The van der Waals surface area contributed by atoms with Crippen molar-refractivity contribution in [1.82, 2.24) is 15.5 Å². The van der Waals surface area contributed by atoms with E-state index in [9.17, 15) is 4.79 Å². The van der Waals surface area contributed by atoms with E-state index in [1.54, 1.807) is 32.4 Å². The molecule has 0 radical (unpaired) electrons. The lowest BCUT2D eigenvalue weighted by Gasteiger charge is -2.37. The first-order chi connectivity index (χ1) is 13.7. The number of methoxy groups -OCH3 is 1. The number of nitrogens with one attached hydrogen (secondary N) is 2. The van der Waals surface area contributed by atoms with Crippen molar-refractivity contribution in [3.63, 3.8) is 0 Å². The van der Waals surface area contributed by atoms with Gasteiger partial charge in [0.2, 0.25) is 0 Å². The molecular formula is C20H30N4O4. The molecule has 0 bridgehead atoms. The molecule has 1 aromatic carbocycles. The molecule has 0 aromatic heterocycles. The Balaban J connectivity index is 1.43. The van der Waals surface area contributed by atoms with Crippen LogP contribution in [0, 0.1) is 0 Å². The van der Waals surface area contributed by atoms with Crippen LogP contribution in [0.25, 0.3) is 0 Å². The van der Waals surface area contributed by atoms with Gasteiger partial charge < -0.3 is 29.7 Å². The number of aliphatic imine (C=N–C) groups is 1. The second-order valence-electron chi connectivity index (χ2n) is 6.87. The Morgan fingerprint density at radius 3 is 2.82 bits per heavy atom. The lowest BCUT2D eigenvalue weighted by Crippen LogP contribution is -2.54. The molecule has 0 spiro atoms. The number of hydrogen-bond acceptors (Lipinski definition) is 5. The molecule has 0 aliphatic carbocycles. The van der Waals surface area contributed by atoms with E-state index < -0.39 is 0 Å². The number of rotatable bonds is 6. The summed E-state index contributed by atoms with van der Waals surface area (Å²) in [5, 5.41) is 6.23. The molecule has 2 N–H and O–H groups in total. The fourth-order valence-electron chi connectivity index (χ4n) is 3.54. The third-order valence-electron chi connectivity index (χ3n) is 5.01. The lowest BCUT2D eigenvalue weighted by molar-refractivity contribution is -0.0816. The molecule has 3 rings (SSSR count). The SMILES string of the molecule is CN=C(NCCNC(=O)c1cccc(OC)c1)N1CCOC(C2CCCO2)C1. The molecule has 1 aromatic rings. The average Bonchev–Trinajstić information content (AvgIpc) is 3.29. The number of hydrogen-bond donors (Lipinski definition) is 2. The zero-order valence-corrected chi connectivity index (χ0v) is 16.6. The van der Waals surface area contributed by atoms with Crippen LogP contribution in [0.15, 0.2) is 29.3 Å². The Morgan fingerprint density at radius 1 is 1.25 bits per heavy atom. The zero-order chi connectivity index (χ0) is 19.8. The van der Waals surface area contributed by atoms with Crippen molar-refractivity contribution in [2.24, 2.45) is 4.99 Å². The standard InChI is InChI=1S/C20H30N4O4/c1-21-20(24-10-12-28-18(14-24)17-7-4-11-27-17)23-9-8-22-19(25)15-5-3-6-16(13-15)26-2/h3,5-6,13,17-18H,4,7-12,14H2,1-2H3,(H,21,23)(H,22,25). The van der Waals surface area contributed by atoms with E-state index >= 15 is 0 Å². The predicted octanol–water partition coefficient (Wildman–Crippen LogP) is 0.880. The number of nitrogens with zero attached hydrogens (tertiary/aromatic N) is 2. The van der Waals surface area contributed by atoms with Gasteiger partial charge in [0.05, 0.1) is 19.8 Å². The Bertz CT molecular complexity index is 676. The molecule has 8 heteroatoms. The summed E-state index contributed by atoms with van der Waals surface area (Å²) >= 11 is 0. The Hall–Kier alpha value is -2.32. The maximum Gasteiger partial charge on any atom is 0.251 e. The van der Waals surface area contributed by atoms with Crippen LogP contribution in [0.4, 0.5) is 0 Å². The van der Waals surface area contributed by atoms with Gasteiger partial charge >= 0.3 is 0 Å². The van der Waals surface area contributed by atoms with E-state index in [0.717, 1.165) is 38.5 Å². The highest BCUT2D eigenvalue weighted by Gasteiger charge is 2.32. The van der Waals surface area contributed by atoms with Gasteiger partial charge in [-0.2, -0.15) is 0 Å². The third kappa shape index (κ3) is 5.36. The fraction of sp³-hybridized carbons (Fsp3) is 0.600. The van der Waals surface area contributed by atoms with Crippen LogP contribution >= 0.6 is 0 Å². The second kappa shape index (κ2) is 10.3. The van der Waals surface area contributed by atoms with Gasteiger partial charge in [0.15, 0.2) is 5.96 Å². The molecule has 8 nitrogen and oxygen atoms in total. The van der Waals surface area contributed by atoms with Crippen LogP contribution in [0.2, 0.25) is 0 Å². The van der Waals surface area contributed by atoms with Crippen molar-refractivity contribution in [1.29, 1.82) is 0 Å². The molecule has 1 amide bonds. The monoisotopic (exact) mass is 390 g/mol. The van der Waals surface area contributed by atoms with Gasteiger partial charge in [0, 0.05) is 45.4 Å². The van der Waals surface area contributed by atoms with Gasteiger partial charge in [-0.3, -0.25) is 9.79 Å². The van der Waals surface area contributed by atoms with Gasteiger partial charge in [-0.25, -0.2) is 0 Å². The molecule has 2 fully saturated rings. The third-order valence-corrected chi connectivity index (χ3v) is 5.01. The highest BCUT2D eigenvalue weighted by molar-refractivity contribution is 5.94. The van der Waals surface area contributed by atoms with E-state index in [2.05, 4.69) is 20.5 Å². The number of morpholine rings is 1. The van der Waals surface area contributed by atoms with Crippen molar-refractivity contribution in [2.45, 2.75) is 25.0 Å². The number of guanidine groups is 1. The fourth-order valence-corrected chi connectivity index (χ4v) is 3.54. The van der Waals surface area contributed by atoms with E-state index in [0.29, 0.717) is 31.0 Å². The van der Waals surface area contributed by atoms with Crippen LogP contribution in [-0.2, 0) is 9.47 Å². The van der Waals surface area contributed by atoms with E-state index in [1.165, 1.54) is 0 Å². The van der Waals surface area contributed by atoms with Crippen molar-refractivity contribution in [2.75, 3.05) is 53.6 Å². The Morgan fingerprint density at radius 2 is 2.07 bits per heavy atom. The quantitative estimate of drug-likeness (QED) is 0.426. The summed E-state index contributed by atoms with van der Waals surface area (Å²) in [6.45, 7) is 4.13. The van der Waals surface area contributed by atoms with Gasteiger partial charge in [0.25, 0.3) is 5.91 Å². The minimum Gasteiger partial charge on any atom is -0.497 e. The number of carbonyl (C=O) groups is 1. The van der Waals surface area contributed by atoms with Crippen LogP contribution in [0.1, 0.15) is 23.2 Å². The number of ether oxygens (including phenoxy) is 3. The van der Waals surface area contributed by atoms with Crippen molar-refractivity contribution >= 4 is 11.9 Å². The van der Waals surface area contributed by atoms with Crippen LogP contribution < -0.4 is 15.4 Å². The van der Waals surface area contributed by atoms with E-state index in [-0.39, 0.29) is 18.1 Å². The van der Waals surface area contributed by atoms with Crippen LogP contribution in [0.5, 0.6) is 5.75 Å². The van der Waals surface area contributed by atoms with E-state index in [4.69, 9.17) is 14.2 Å². The minimum absolute atomic E-state index is 0.0857. The van der Waals surface area contributed by atoms with Gasteiger partial charge in [0.1, 0.15) is 11.9 Å². The van der Waals surface area contributed by atoms with Gasteiger partial charge in [-0.15, -0.1) is 0 Å². The summed E-state index contributed by atoms with van der Waals surface area (Å²) in [7, 11) is 3.36. The molecule has 28 heavy (non-hydrogen) atoms. The molecular weight excluding hydrogens is 360 g/mol. The topological polar surface area (TPSA) is 84.4 Å². The first kappa shape index (κ1) is 20.4. The zero-order valence-electron chi connectivity index (χ0n) is 16.6. The first-order valence-electron chi connectivity index (χ1n) is 9.82. The summed E-state index contributed by atoms with van der Waals surface area (Å²) in [5.74, 6) is 1.36. The normalized spacial score (nSPS) is 22.8. The predicted molar refractivity (Wildman–Crippen MR) is 107 cm³/mol. The first-order valence-corrected chi connectivity index (χ1v) is 9.82. The summed E-state index contributed by atoms with van der Waals surface area (Å²) < 4.78 is 16.8. The minimum atomic E-state index is -0.125. The summed E-state index contributed by atoms with van der Waals surface area (Å²) in [4.78, 5) is 18.8. The molecule has 2 heterocycles. The second-order valence-corrected chi connectivity index (χ2v) is 6.87. The van der Waals surface area contributed by atoms with Crippen molar-refractivity contribution < 1.29 is 19.0 Å². The van der Waals surface area contributed by atoms with Crippen molar-refractivity contribution in [3.8, 4) is 5.75 Å². The highest BCUT2D eigenvalue weighted by Crippen LogP contribution is 2.21.